The quantitative estimate of drug-likeness (QED) is 0.739. The van der Waals surface area contributed by atoms with Crippen molar-refractivity contribution in [2.45, 2.75) is 45.6 Å². The van der Waals surface area contributed by atoms with Crippen LogP contribution in [0, 0.1) is 0 Å². The van der Waals surface area contributed by atoms with Gasteiger partial charge in [-0.15, -0.1) is 0 Å². The third-order valence-corrected chi connectivity index (χ3v) is 3.59. The van der Waals surface area contributed by atoms with Gasteiger partial charge in [0, 0.05) is 25.3 Å². The molecular formula is C13H23NO3S. The van der Waals surface area contributed by atoms with Gasteiger partial charge in [0.25, 0.3) is 0 Å². The second-order valence-electron chi connectivity index (χ2n) is 5.43. The predicted octanol–water partition coefficient (Wildman–Crippen LogP) is 2.07. The molecule has 0 atom stereocenters. The van der Waals surface area contributed by atoms with E-state index in [1.807, 2.05) is 37.4 Å². The number of ether oxygens (including phenoxy) is 1. The lowest BCUT2D eigenvalue weighted by molar-refractivity contribution is -0.156. The van der Waals surface area contributed by atoms with E-state index in [0.29, 0.717) is 0 Å². The van der Waals surface area contributed by atoms with Gasteiger partial charge in [0.1, 0.15) is 5.60 Å². The zero-order valence-electron chi connectivity index (χ0n) is 11.5. The maximum atomic E-state index is 11.9. The summed E-state index contributed by atoms with van der Waals surface area (Å²) < 4.78 is 5.19. The second kappa shape index (κ2) is 7.02. The van der Waals surface area contributed by atoms with Gasteiger partial charge in [0.05, 0.1) is 6.42 Å². The molecule has 1 fully saturated rings. The SMILES string of the molecule is CC(C)(C)OC(=O)CCC(=O)N1CCCSCC1. The molecule has 0 bridgehead atoms. The number of hydrogen-bond donors (Lipinski definition) is 0. The number of rotatable bonds is 3. The third-order valence-electron chi connectivity index (χ3n) is 2.54. The highest BCUT2D eigenvalue weighted by Gasteiger charge is 2.20. The van der Waals surface area contributed by atoms with Crippen molar-refractivity contribution in [1.29, 1.82) is 0 Å². The summed E-state index contributed by atoms with van der Waals surface area (Å²) in [5, 5.41) is 0. The van der Waals surface area contributed by atoms with Crippen LogP contribution in [-0.4, -0.2) is 47.0 Å². The molecule has 0 aromatic carbocycles. The number of carbonyl (C=O) groups is 2. The van der Waals surface area contributed by atoms with Crippen molar-refractivity contribution < 1.29 is 14.3 Å². The largest absolute Gasteiger partial charge is 0.460 e. The van der Waals surface area contributed by atoms with Gasteiger partial charge >= 0.3 is 5.97 Å². The molecule has 0 N–H and O–H groups in total. The van der Waals surface area contributed by atoms with Crippen LogP contribution >= 0.6 is 11.8 Å². The van der Waals surface area contributed by atoms with E-state index in [0.717, 1.165) is 31.0 Å². The Morgan fingerprint density at radius 1 is 1.17 bits per heavy atom. The van der Waals surface area contributed by atoms with Crippen LogP contribution < -0.4 is 0 Å². The van der Waals surface area contributed by atoms with Crippen LogP contribution in [0.15, 0.2) is 0 Å². The van der Waals surface area contributed by atoms with Crippen LogP contribution in [-0.2, 0) is 14.3 Å². The third kappa shape index (κ3) is 6.28. The number of carbonyl (C=O) groups excluding carboxylic acids is 2. The van der Waals surface area contributed by atoms with Gasteiger partial charge in [-0.05, 0) is 32.9 Å². The molecule has 0 aromatic rings. The van der Waals surface area contributed by atoms with Gasteiger partial charge in [-0.3, -0.25) is 9.59 Å². The van der Waals surface area contributed by atoms with Crippen molar-refractivity contribution in [1.82, 2.24) is 4.90 Å². The minimum absolute atomic E-state index is 0.0726. The van der Waals surface area contributed by atoms with Crippen LogP contribution in [0.3, 0.4) is 0 Å². The minimum Gasteiger partial charge on any atom is -0.460 e. The van der Waals surface area contributed by atoms with Crippen LogP contribution in [0.2, 0.25) is 0 Å². The highest BCUT2D eigenvalue weighted by Crippen LogP contribution is 2.13. The van der Waals surface area contributed by atoms with Gasteiger partial charge in [0.15, 0.2) is 0 Å². The summed E-state index contributed by atoms with van der Waals surface area (Å²) in [4.78, 5) is 25.3. The summed E-state index contributed by atoms with van der Waals surface area (Å²) in [5.41, 5.74) is -0.473. The fourth-order valence-electron chi connectivity index (χ4n) is 1.76. The first-order valence-corrected chi connectivity index (χ1v) is 7.61. The zero-order chi connectivity index (χ0) is 13.6. The van der Waals surface area contributed by atoms with Gasteiger partial charge in [-0.25, -0.2) is 0 Å². The number of hydrogen-bond acceptors (Lipinski definition) is 4. The fourth-order valence-corrected chi connectivity index (χ4v) is 2.64. The standard InChI is InChI=1S/C13H23NO3S/c1-13(2,3)17-12(16)6-5-11(15)14-7-4-9-18-10-8-14/h4-10H2,1-3H3. The van der Waals surface area contributed by atoms with E-state index in [-0.39, 0.29) is 24.7 Å². The van der Waals surface area contributed by atoms with Crippen LogP contribution in [0.4, 0.5) is 0 Å². The molecule has 4 nitrogen and oxygen atoms in total. The van der Waals surface area contributed by atoms with Gasteiger partial charge in [0.2, 0.25) is 5.91 Å². The van der Waals surface area contributed by atoms with E-state index in [4.69, 9.17) is 4.74 Å². The molecule has 0 saturated carbocycles. The molecule has 0 spiro atoms. The van der Waals surface area contributed by atoms with Crippen molar-refractivity contribution in [2.75, 3.05) is 24.6 Å². The van der Waals surface area contributed by atoms with Gasteiger partial charge < -0.3 is 9.64 Å². The average molecular weight is 273 g/mol. The Morgan fingerprint density at radius 2 is 1.89 bits per heavy atom. The molecular weight excluding hydrogens is 250 g/mol. The van der Waals surface area contributed by atoms with Gasteiger partial charge in [-0.2, -0.15) is 11.8 Å². The first kappa shape index (κ1) is 15.3. The summed E-state index contributed by atoms with van der Waals surface area (Å²) in [7, 11) is 0. The normalized spacial score (nSPS) is 17.2. The van der Waals surface area contributed by atoms with E-state index in [1.165, 1.54) is 0 Å². The molecule has 0 unspecified atom stereocenters. The molecule has 0 aliphatic carbocycles. The number of amides is 1. The molecule has 1 aliphatic heterocycles. The van der Waals surface area contributed by atoms with E-state index in [1.54, 1.807) is 0 Å². The first-order chi connectivity index (χ1) is 8.38. The zero-order valence-corrected chi connectivity index (χ0v) is 12.3. The second-order valence-corrected chi connectivity index (χ2v) is 6.66. The Balaban J connectivity index is 2.29. The first-order valence-electron chi connectivity index (χ1n) is 6.46. The highest BCUT2D eigenvalue weighted by atomic mass is 32.2. The van der Waals surface area contributed by atoms with E-state index in [9.17, 15) is 9.59 Å². The number of nitrogens with zero attached hydrogens (tertiary/aromatic N) is 1. The Hall–Kier alpha value is -0.710. The maximum Gasteiger partial charge on any atom is 0.306 e. The van der Waals surface area contributed by atoms with Crippen molar-refractivity contribution in [3.63, 3.8) is 0 Å². The molecule has 0 aromatic heterocycles. The number of thioether (sulfide) groups is 1. The maximum absolute atomic E-state index is 11.9. The molecule has 1 saturated heterocycles. The van der Waals surface area contributed by atoms with Crippen LogP contribution in [0.1, 0.15) is 40.0 Å². The van der Waals surface area contributed by atoms with Gasteiger partial charge in [-0.1, -0.05) is 0 Å². The fraction of sp³-hybridized carbons (Fsp3) is 0.846. The smallest absolute Gasteiger partial charge is 0.306 e. The van der Waals surface area contributed by atoms with E-state index >= 15 is 0 Å². The lowest BCUT2D eigenvalue weighted by Gasteiger charge is -2.21. The summed E-state index contributed by atoms with van der Waals surface area (Å²) in [6.45, 7) is 7.12. The summed E-state index contributed by atoms with van der Waals surface area (Å²) >= 11 is 1.88. The molecule has 1 rings (SSSR count). The minimum atomic E-state index is -0.473. The molecule has 18 heavy (non-hydrogen) atoms. The van der Waals surface area contributed by atoms with E-state index in [2.05, 4.69) is 0 Å². The van der Waals surface area contributed by atoms with Crippen LogP contribution in [0.5, 0.6) is 0 Å². The molecule has 1 heterocycles. The lowest BCUT2D eigenvalue weighted by atomic mass is 10.2. The summed E-state index contributed by atoms with van der Waals surface area (Å²) in [5.74, 6) is 1.90. The lowest BCUT2D eigenvalue weighted by Crippen LogP contribution is -2.33. The predicted molar refractivity (Wildman–Crippen MR) is 73.6 cm³/mol. The van der Waals surface area contributed by atoms with Crippen LogP contribution in [0.25, 0.3) is 0 Å². The van der Waals surface area contributed by atoms with Crippen molar-refractivity contribution in [3.8, 4) is 0 Å². The molecule has 104 valence electrons. The molecule has 1 aliphatic rings. The molecule has 5 heteroatoms. The van der Waals surface area contributed by atoms with Crippen molar-refractivity contribution in [2.24, 2.45) is 0 Å². The Kier molecular flexibility index (Phi) is 5.99. The molecule has 0 radical (unpaired) electrons. The summed E-state index contributed by atoms with van der Waals surface area (Å²) in [6.07, 6.45) is 1.49. The number of esters is 1. The monoisotopic (exact) mass is 273 g/mol. The highest BCUT2D eigenvalue weighted by molar-refractivity contribution is 7.99. The average Bonchev–Trinajstić information content (AvgIpc) is 2.52. The Labute approximate surface area is 113 Å². The Morgan fingerprint density at radius 3 is 2.56 bits per heavy atom. The Bertz CT molecular complexity index is 291. The van der Waals surface area contributed by atoms with Crippen molar-refractivity contribution >= 4 is 23.6 Å². The van der Waals surface area contributed by atoms with E-state index < -0.39 is 5.60 Å². The molecule has 1 amide bonds. The van der Waals surface area contributed by atoms with Crippen molar-refractivity contribution in [3.05, 3.63) is 0 Å². The topological polar surface area (TPSA) is 46.6 Å². The summed E-state index contributed by atoms with van der Waals surface area (Å²) in [6, 6.07) is 0.